The summed E-state index contributed by atoms with van der Waals surface area (Å²) in [5.41, 5.74) is 1.98. The maximum absolute atomic E-state index is 12.8. The molecule has 0 radical (unpaired) electrons. The first-order chi connectivity index (χ1) is 14.2. The third-order valence-electron chi connectivity index (χ3n) is 4.01. The van der Waals surface area contributed by atoms with Gasteiger partial charge in [0.1, 0.15) is 11.5 Å². The Kier molecular flexibility index (Phi) is 6.78. The molecule has 1 amide bonds. The number of hydrogen-bond donors (Lipinski definition) is 2. The lowest BCUT2D eigenvalue weighted by Gasteiger charge is -2.13. The molecule has 0 bridgehead atoms. The number of carbonyl (C=O) groups is 1. The zero-order valence-corrected chi connectivity index (χ0v) is 16.3. The largest absolute Gasteiger partial charge is 0.497 e. The number of pyridine rings is 1. The Hall–Kier alpha value is -3.87. The molecule has 0 aliphatic carbocycles. The van der Waals surface area contributed by atoms with Crippen LogP contribution in [0.15, 0.2) is 77.9 Å². The van der Waals surface area contributed by atoms with Crippen molar-refractivity contribution < 1.29 is 14.3 Å². The second kappa shape index (κ2) is 9.89. The average molecular weight is 390 g/mol. The highest BCUT2D eigenvalue weighted by Gasteiger charge is 2.13. The zero-order chi connectivity index (χ0) is 20.5. The molecular weight excluding hydrogens is 368 g/mol. The van der Waals surface area contributed by atoms with Gasteiger partial charge in [0.25, 0.3) is 5.91 Å². The summed E-state index contributed by atoms with van der Waals surface area (Å²) in [6.45, 7) is 0.317. The Morgan fingerprint density at radius 3 is 2.28 bits per heavy atom. The predicted octanol–water partition coefficient (Wildman–Crippen LogP) is 3.50. The molecule has 1 heterocycles. The lowest BCUT2D eigenvalue weighted by molar-refractivity contribution is 0.0976. The van der Waals surface area contributed by atoms with Crippen molar-refractivity contribution in [1.29, 1.82) is 0 Å². The van der Waals surface area contributed by atoms with Gasteiger partial charge in [-0.15, -0.1) is 0 Å². The van der Waals surface area contributed by atoms with Crippen LogP contribution in [0.4, 0.5) is 5.69 Å². The third-order valence-corrected chi connectivity index (χ3v) is 4.01. The average Bonchev–Trinajstić information content (AvgIpc) is 2.78. The molecule has 7 nitrogen and oxygen atoms in total. The van der Waals surface area contributed by atoms with Crippen LogP contribution in [0.3, 0.4) is 0 Å². The zero-order valence-electron chi connectivity index (χ0n) is 16.3. The second-order valence-corrected chi connectivity index (χ2v) is 6.03. The van der Waals surface area contributed by atoms with Crippen LogP contribution in [0.1, 0.15) is 16.1 Å². The number of ether oxygens (including phenoxy) is 2. The van der Waals surface area contributed by atoms with Crippen LogP contribution in [-0.4, -0.2) is 31.1 Å². The minimum atomic E-state index is -0.342. The number of benzene rings is 2. The fourth-order valence-electron chi connectivity index (χ4n) is 2.54. The molecule has 7 heteroatoms. The van der Waals surface area contributed by atoms with Gasteiger partial charge in [-0.2, -0.15) is 0 Å². The highest BCUT2D eigenvalue weighted by atomic mass is 16.5. The van der Waals surface area contributed by atoms with Crippen molar-refractivity contribution in [1.82, 2.24) is 10.3 Å². The molecule has 0 saturated carbocycles. The van der Waals surface area contributed by atoms with Crippen LogP contribution in [0, 0.1) is 0 Å². The Morgan fingerprint density at radius 2 is 1.66 bits per heavy atom. The van der Waals surface area contributed by atoms with Gasteiger partial charge in [0.2, 0.25) is 5.96 Å². The van der Waals surface area contributed by atoms with E-state index < -0.39 is 0 Å². The van der Waals surface area contributed by atoms with Gasteiger partial charge in [-0.05, 0) is 36.4 Å². The predicted molar refractivity (Wildman–Crippen MR) is 112 cm³/mol. The van der Waals surface area contributed by atoms with Crippen molar-refractivity contribution in [2.45, 2.75) is 6.54 Å². The Labute approximate surface area is 169 Å². The van der Waals surface area contributed by atoms with Crippen LogP contribution < -0.4 is 20.1 Å². The minimum absolute atomic E-state index is 0.314. The van der Waals surface area contributed by atoms with Crippen molar-refractivity contribution in [3.05, 3.63) is 84.2 Å². The quantitative estimate of drug-likeness (QED) is 0.497. The van der Waals surface area contributed by atoms with Gasteiger partial charge in [-0.1, -0.05) is 24.3 Å². The van der Waals surface area contributed by atoms with Crippen LogP contribution >= 0.6 is 0 Å². The van der Waals surface area contributed by atoms with Gasteiger partial charge in [0, 0.05) is 23.5 Å². The summed E-state index contributed by atoms with van der Waals surface area (Å²) in [5.74, 6) is 1.02. The third kappa shape index (κ3) is 5.80. The van der Waals surface area contributed by atoms with Crippen molar-refractivity contribution in [2.24, 2.45) is 4.99 Å². The number of para-hydroxylation sites is 1. The van der Waals surface area contributed by atoms with Crippen LogP contribution in [0.2, 0.25) is 0 Å². The fraction of sp³-hybridized carbons (Fsp3) is 0.136. The highest BCUT2D eigenvalue weighted by Crippen LogP contribution is 2.22. The van der Waals surface area contributed by atoms with E-state index >= 15 is 0 Å². The SMILES string of the molecule is COc1cc(OC)cc(C(=O)NC(=NCc2ccccn2)Nc2ccccc2)c1. The summed E-state index contributed by atoms with van der Waals surface area (Å²) >= 11 is 0. The monoisotopic (exact) mass is 390 g/mol. The number of methoxy groups -OCH3 is 2. The second-order valence-electron chi connectivity index (χ2n) is 6.03. The smallest absolute Gasteiger partial charge is 0.258 e. The van der Waals surface area contributed by atoms with E-state index in [1.54, 1.807) is 24.4 Å². The first kappa shape index (κ1) is 19.9. The van der Waals surface area contributed by atoms with Gasteiger partial charge in [-0.25, -0.2) is 4.99 Å². The lowest BCUT2D eigenvalue weighted by Crippen LogP contribution is -2.36. The van der Waals surface area contributed by atoms with E-state index in [1.807, 2.05) is 48.5 Å². The number of nitrogens with zero attached hydrogens (tertiary/aromatic N) is 2. The Bertz CT molecular complexity index is 954. The number of anilines is 1. The molecule has 0 fully saturated rings. The molecule has 0 saturated heterocycles. The summed E-state index contributed by atoms with van der Waals surface area (Å²) in [5, 5.41) is 5.95. The lowest BCUT2D eigenvalue weighted by atomic mass is 10.2. The van der Waals surface area contributed by atoms with E-state index in [-0.39, 0.29) is 5.91 Å². The molecule has 29 heavy (non-hydrogen) atoms. The minimum Gasteiger partial charge on any atom is -0.497 e. The first-order valence-corrected chi connectivity index (χ1v) is 8.99. The number of rotatable bonds is 6. The van der Waals surface area contributed by atoms with Gasteiger partial charge < -0.3 is 14.8 Å². The molecule has 2 aromatic carbocycles. The number of nitrogens with one attached hydrogen (secondary N) is 2. The molecule has 0 aliphatic rings. The van der Waals surface area contributed by atoms with Crippen LogP contribution in [0.25, 0.3) is 0 Å². The topological polar surface area (TPSA) is 84.8 Å². The molecule has 1 aromatic heterocycles. The number of hydrogen-bond acceptors (Lipinski definition) is 5. The summed E-state index contributed by atoms with van der Waals surface area (Å²) in [6.07, 6.45) is 1.70. The summed E-state index contributed by atoms with van der Waals surface area (Å²) < 4.78 is 10.5. The van der Waals surface area contributed by atoms with Crippen molar-refractivity contribution in [3.63, 3.8) is 0 Å². The molecule has 3 rings (SSSR count). The van der Waals surface area contributed by atoms with E-state index in [2.05, 4.69) is 20.6 Å². The number of aromatic nitrogens is 1. The van der Waals surface area contributed by atoms with Crippen LogP contribution in [-0.2, 0) is 6.54 Å². The molecule has 148 valence electrons. The van der Waals surface area contributed by atoms with E-state index in [0.717, 1.165) is 11.4 Å². The summed E-state index contributed by atoms with van der Waals surface area (Å²) in [7, 11) is 3.07. The van der Waals surface area contributed by atoms with Gasteiger partial charge in [-0.3, -0.25) is 15.1 Å². The van der Waals surface area contributed by atoms with Gasteiger partial charge >= 0.3 is 0 Å². The normalized spacial score (nSPS) is 10.9. The van der Waals surface area contributed by atoms with Crippen molar-refractivity contribution >= 4 is 17.6 Å². The number of carbonyl (C=O) groups excluding carboxylic acids is 1. The molecule has 0 atom stereocenters. The summed E-state index contributed by atoms with van der Waals surface area (Å²) in [6, 6.07) is 20.1. The van der Waals surface area contributed by atoms with Crippen LogP contribution in [0.5, 0.6) is 11.5 Å². The van der Waals surface area contributed by atoms with Gasteiger partial charge in [0.05, 0.1) is 26.5 Å². The standard InChI is InChI=1S/C22H22N4O3/c1-28-19-12-16(13-20(14-19)29-2)21(27)26-22(25-17-8-4-3-5-9-17)24-15-18-10-6-7-11-23-18/h3-14H,15H2,1-2H3,(H2,24,25,26,27). The summed E-state index contributed by atoms with van der Waals surface area (Å²) in [4.78, 5) is 21.6. The van der Waals surface area contributed by atoms with E-state index in [0.29, 0.717) is 29.6 Å². The van der Waals surface area contributed by atoms with E-state index in [9.17, 15) is 4.79 Å². The highest BCUT2D eigenvalue weighted by molar-refractivity contribution is 6.10. The maximum atomic E-state index is 12.8. The molecule has 3 aromatic rings. The first-order valence-electron chi connectivity index (χ1n) is 8.99. The molecule has 0 unspecified atom stereocenters. The molecule has 0 aliphatic heterocycles. The number of aliphatic imine (C=N–C) groups is 1. The van der Waals surface area contributed by atoms with Crippen molar-refractivity contribution in [2.75, 3.05) is 19.5 Å². The van der Waals surface area contributed by atoms with Gasteiger partial charge in [0.15, 0.2) is 0 Å². The Balaban J connectivity index is 1.82. The number of amides is 1. The number of guanidine groups is 1. The van der Waals surface area contributed by atoms with Crippen molar-refractivity contribution in [3.8, 4) is 11.5 Å². The molecular formula is C22H22N4O3. The van der Waals surface area contributed by atoms with E-state index in [1.165, 1.54) is 14.2 Å². The maximum Gasteiger partial charge on any atom is 0.258 e. The molecule has 0 spiro atoms. The fourth-order valence-corrected chi connectivity index (χ4v) is 2.54. The Morgan fingerprint density at radius 1 is 0.966 bits per heavy atom. The van der Waals surface area contributed by atoms with E-state index in [4.69, 9.17) is 9.47 Å². The molecule has 2 N–H and O–H groups in total.